The first-order valence-corrected chi connectivity index (χ1v) is 7.39. The molecule has 0 aliphatic carbocycles. The number of fused-ring (bicyclic) bond motifs is 1. The van der Waals surface area contributed by atoms with Crippen molar-refractivity contribution in [3.8, 4) is 0 Å². The van der Waals surface area contributed by atoms with Crippen LogP contribution in [0.25, 0.3) is 0 Å². The van der Waals surface area contributed by atoms with Crippen LogP contribution in [0.2, 0.25) is 0 Å². The Labute approximate surface area is 90.0 Å². The zero-order valence-corrected chi connectivity index (χ0v) is 9.96. The lowest BCUT2D eigenvalue weighted by Crippen LogP contribution is -2.15. The molecule has 0 bridgehead atoms. The molecule has 80 valence electrons. The maximum atomic E-state index is 12.8. The fourth-order valence-electron chi connectivity index (χ4n) is 2.78. The standard InChI is InChI=1S/C12H15O2P/c1-11-8-15(13,9-12(11,2)14-11)10-6-4-3-5-7-10/h3-7H,8-9H2,1-2H3. The topological polar surface area (TPSA) is 29.6 Å². The highest BCUT2D eigenvalue weighted by atomic mass is 31.2. The minimum atomic E-state index is -2.18. The Hall–Kier alpha value is -0.590. The van der Waals surface area contributed by atoms with Crippen molar-refractivity contribution in [3.63, 3.8) is 0 Å². The highest BCUT2D eigenvalue weighted by Crippen LogP contribution is 2.69. The van der Waals surface area contributed by atoms with Crippen molar-refractivity contribution in [2.75, 3.05) is 12.3 Å². The highest BCUT2D eigenvalue weighted by molar-refractivity contribution is 7.72. The second-order valence-corrected chi connectivity index (χ2v) is 8.03. The third-order valence-corrected chi connectivity index (χ3v) is 7.34. The minimum absolute atomic E-state index is 0.127. The molecule has 3 heteroatoms. The maximum absolute atomic E-state index is 12.8. The molecule has 1 aromatic carbocycles. The maximum Gasteiger partial charge on any atom is 0.121 e. The van der Waals surface area contributed by atoms with Crippen LogP contribution in [0, 0.1) is 0 Å². The van der Waals surface area contributed by atoms with Crippen LogP contribution in [0.1, 0.15) is 13.8 Å². The Kier molecular flexibility index (Phi) is 1.64. The molecule has 2 nitrogen and oxygen atoms in total. The Morgan fingerprint density at radius 2 is 1.67 bits per heavy atom. The minimum Gasteiger partial charge on any atom is -0.362 e. The molecule has 2 aliphatic rings. The number of hydrogen-bond acceptors (Lipinski definition) is 2. The van der Waals surface area contributed by atoms with Crippen LogP contribution in [0.15, 0.2) is 30.3 Å². The van der Waals surface area contributed by atoms with E-state index in [1.54, 1.807) is 0 Å². The number of benzene rings is 1. The summed E-state index contributed by atoms with van der Waals surface area (Å²) in [5.41, 5.74) is -0.253. The van der Waals surface area contributed by atoms with Gasteiger partial charge in [0.2, 0.25) is 0 Å². The predicted molar refractivity (Wildman–Crippen MR) is 61.3 cm³/mol. The molecule has 2 heterocycles. The van der Waals surface area contributed by atoms with Crippen molar-refractivity contribution in [3.05, 3.63) is 30.3 Å². The average Bonchev–Trinajstić information content (AvgIpc) is 2.59. The summed E-state index contributed by atoms with van der Waals surface area (Å²) in [5, 5.41) is 1.02. The van der Waals surface area contributed by atoms with Gasteiger partial charge in [-0.3, -0.25) is 0 Å². The van der Waals surface area contributed by atoms with Gasteiger partial charge >= 0.3 is 0 Å². The third kappa shape index (κ3) is 1.18. The fourth-order valence-corrected chi connectivity index (χ4v) is 6.72. The summed E-state index contributed by atoms with van der Waals surface area (Å²) < 4.78 is 18.5. The molecule has 2 saturated heterocycles. The van der Waals surface area contributed by atoms with Crippen LogP contribution < -0.4 is 5.30 Å². The quantitative estimate of drug-likeness (QED) is 0.538. The first kappa shape index (κ1) is 9.62. The van der Waals surface area contributed by atoms with Crippen molar-refractivity contribution in [2.45, 2.75) is 25.0 Å². The molecule has 0 N–H and O–H groups in total. The predicted octanol–water partition coefficient (Wildman–Crippen LogP) is 2.24. The molecule has 0 spiro atoms. The van der Waals surface area contributed by atoms with Gasteiger partial charge < -0.3 is 9.30 Å². The van der Waals surface area contributed by atoms with Gasteiger partial charge in [0.15, 0.2) is 0 Å². The third-order valence-electron chi connectivity index (χ3n) is 3.87. The number of hydrogen-bond donors (Lipinski definition) is 0. The molecule has 2 unspecified atom stereocenters. The molecule has 15 heavy (non-hydrogen) atoms. The normalized spacial score (nSPS) is 47.6. The van der Waals surface area contributed by atoms with E-state index in [9.17, 15) is 4.57 Å². The fraction of sp³-hybridized carbons (Fsp3) is 0.500. The number of rotatable bonds is 1. The van der Waals surface area contributed by atoms with Gasteiger partial charge in [-0.2, -0.15) is 0 Å². The van der Waals surface area contributed by atoms with Crippen LogP contribution >= 0.6 is 7.14 Å². The molecule has 3 rings (SSSR count). The average molecular weight is 222 g/mol. The molecule has 0 saturated carbocycles. The van der Waals surface area contributed by atoms with Crippen molar-refractivity contribution >= 4 is 12.4 Å². The molecular formula is C12H15O2P. The Bertz CT molecular complexity index is 436. The van der Waals surface area contributed by atoms with E-state index in [1.807, 2.05) is 30.3 Å². The van der Waals surface area contributed by atoms with Gasteiger partial charge in [-0.1, -0.05) is 30.3 Å². The lowest BCUT2D eigenvalue weighted by molar-refractivity contribution is 0.289. The molecule has 0 amide bonds. The van der Waals surface area contributed by atoms with Gasteiger partial charge in [0.1, 0.15) is 18.3 Å². The molecule has 1 aromatic rings. The van der Waals surface area contributed by atoms with E-state index in [-0.39, 0.29) is 11.2 Å². The van der Waals surface area contributed by atoms with Gasteiger partial charge in [0.05, 0.1) is 0 Å². The van der Waals surface area contributed by atoms with Gasteiger partial charge in [-0.25, -0.2) is 0 Å². The Balaban J connectivity index is 2.00. The van der Waals surface area contributed by atoms with Crippen LogP contribution in [0.3, 0.4) is 0 Å². The molecule has 2 aliphatic heterocycles. The summed E-state index contributed by atoms with van der Waals surface area (Å²) in [5.74, 6) is 0. The molecule has 0 radical (unpaired) electrons. The second kappa shape index (κ2) is 2.56. The van der Waals surface area contributed by atoms with Crippen molar-refractivity contribution in [1.82, 2.24) is 0 Å². The smallest absolute Gasteiger partial charge is 0.121 e. The van der Waals surface area contributed by atoms with Crippen molar-refractivity contribution in [1.29, 1.82) is 0 Å². The number of epoxide rings is 1. The summed E-state index contributed by atoms with van der Waals surface area (Å²) in [6.45, 7) is 4.16. The van der Waals surface area contributed by atoms with E-state index in [4.69, 9.17) is 4.74 Å². The van der Waals surface area contributed by atoms with Gasteiger partial charge in [-0.15, -0.1) is 0 Å². The van der Waals surface area contributed by atoms with Crippen LogP contribution in [0.4, 0.5) is 0 Å². The van der Waals surface area contributed by atoms with Gasteiger partial charge in [0, 0.05) is 17.6 Å². The van der Waals surface area contributed by atoms with E-state index < -0.39 is 7.14 Å². The summed E-state index contributed by atoms with van der Waals surface area (Å²) in [4.78, 5) is 0. The zero-order chi connectivity index (χ0) is 10.7. The largest absolute Gasteiger partial charge is 0.362 e. The van der Waals surface area contributed by atoms with Crippen LogP contribution in [-0.4, -0.2) is 23.5 Å². The highest BCUT2D eigenvalue weighted by Gasteiger charge is 2.72. The summed E-state index contributed by atoms with van der Waals surface area (Å²) >= 11 is 0. The van der Waals surface area contributed by atoms with Crippen LogP contribution in [-0.2, 0) is 9.30 Å². The lowest BCUT2D eigenvalue weighted by Gasteiger charge is -2.15. The first-order valence-electron chi connectivity index (χ1n) is 5.31. The molecule has 0 aromatic heterocycles. The van der Waals surface area contributed by atoms with Crippen molar-refractivity contribution in [2.24, 2.45) is 0 Å². The van der Waals surface area contributed by atoms with Crippen LogP contribution in [0.5, 0.6) is 0 Å². The molecule has 2 fully saturated rings. The summed E-state index contributed by atoms with van der Waals surface area (Å²) in [6.07, 6.45) is 1.42. The van der Waals surface area contributed by atoms with E-state index in [1.165, 1.54) is 0 Å². The Morgan fingerprint density at radius 1 is 1.13 bits per heavy atom. The molecular weight excluding hydrogens is 207 g/mol. The number of ether oxygens (including phenoxy) is 1. The summed E-state index contributed by atoms with van der Waals surface area (Å²) in [7, 11) is -2.18. The van der Waals surface area contributed by atoms with E-state index >= 15 is 0 Å². The van der Waals surface area contributed by atoms with Gasteiger partial charge in [-0.05, 0) is 13.8 Å². The first-order chi connectivity index (χ1) is 6.98. The van der Waals surface area contributed by atoms with E-state index in [0.717, 1.165) is 5.30 Å². The SMILES string of the molecule is CC12CP(=O)(c3ccccc3)CC1(C)O2. The molecule has 2 atom stereocenters. The Morgan fingerprint density at radius 3 is 2.20 bits per heavy atom. The van der Waals surface area contributed by atoms with Crippen molar-refractivity contribution < 1.29 is 9.30 Å². The van der Waals surface area contributed by atoms with E-state index in [2.05, 4.69) is 13.8 Å². The summed E-state index contributed by atoms with van der Waals surface area (Å²) in [6, 6.07) is 9.86. The lowest BCUT2D eigenvalue weighted by atomic mass is 10.0. The zero-order valence-electron chi connectivity index (χ0n) is 9.06. The second-order valence-electron chi connectivity index (χ2n) is 5.10. The van der Waals surface area contributed by atoms with E-state index in [0.29, 0.717) is 12.3 Å². The monoisotopic (exact) mass is 222 g/mol. The van der Waals surface area contributed by atoms with Gasteiger partial charge in [0.25, 0.3) is 0 Å².